The second kappa shape index (κ2) is 10.7. The number of rotatable bonds is 8. The van der Waals surface area contributed by atoms with E-state index in [2.05, 4.69) is 20.6 Å². The number of amides is 2. The van der Waals surface area contributed by atoms with Crippen LogP contribution in [0.1, 0.15) is 37.3 Å². The zero-order valence-electron chi connectivity index (χ0n) is 18.4. The summed E-state index contributed by atoms with van der Waals surface area (Å²) in [5, 5.41) is 6.70. The van der Waals surface area contributed by atoms with Gasteiger partial charge in [0, 0.05) is 17.5 Å². The van der Waals surface area contributed by atoms with Crippen LogP contribution in [0.15, 0.2) is 64.4 Å². The highest BCUT2D eigenvalue weighted by Crippen LogP contribution is 2.35. The van der Waals surface area contributed by atoms with Crippen LogP contribution in [0.2, 0.25) is 0 Å². The molecule has 2 aromatic heterocycles. The van der Waals surface area contributed by atoms with Crippen LogP contribution >= 0.6 is 11.3 Å². The maximum absolute atomic E-state index is 13.7. The summed E-state index contributed by atoms with van der Waals surface area (Å²) < 4.78 is 58.8. The molecule has 0 aliphatic heterocycles. The SMILES string of the molecule is O=C(NCCc1ccccc1F)c1csc(CNC(=O)c2nc(-c3ccccc3)oc2C(F)(F)F)n1. The molecule has 2 heterocycles. The van der Waals surface area contributed by atoms with Crippen molar-refractivity contribution in [3.05, 3.63) is 93.5 Å². The Kier molecular flexibility index (Phi) is 7.44. The standard InChI is InChI=1S/C24H18F4N4O3S/c25-16-9-5-4-6-14(16)10-11-29-21(33)17-13-36-18(31-17)12-30-22(34)19-20(24(26,27)28)35-23(32-19)15-7-2-1-3-8-15/h1-9,13H,10-12H2,(H,29,33)(H,30,34). The maximum atomic E-state index is 13.7. The van der Waals surface area contributed by atoms with Crippen molar-refractivity contribution in [2.75, 3.05) is 6.54 Å². The molecule has 0 saturated carbocycles. The van der Waals surface area contributed by atoms with E-state index in [9.17, 15) is 27.2 Å². The molecule has 0 saturated heterocycles. The minimum absolute atomic E-state index is 0.0709. The van der Waals surface area contributed by atoms with Crippen LogP contribution in [0.25, 0.3) is 11.5 Å². The van der Waals surface area contributed by atoms with E-state index in [4.69, 9.17) is 4.42 Å². The van der Waals surface area contributed by atoms with Gasteiger partial charge in [-0.25, -0.2) is 14.4 Å². The Morgan fingerprint density at radius 2 is 1.67 bits per heavy atom. The largest absolute Gasteiger partial charge is 0.452 e. The Morgan fingerprint density at radius 1 is 0.944 bits per heavy atom. The molecule has 0 atom stereocenters. The van der Waals surface area contributed by atoms with Crippen LogP contribution in [0.3, 0.4) is 0 Å². The van der Waals surface area contributed by atoms with Gasteiger partial charge in [0.15, 0.2) is 5.69 Å². The number of carbonyl (C=O) groups is 2. The summed E-state index contributed by atoms with van der Waals surface area (Å²) >= 11 is 1.05. The third-order valence-corrected chi connectivity index (χ3v) is 5.79. The smallest absolute Gasteiger partial charge is 0.431 e. The number of benzene rings is 2. The molecule has 0 aliphatic carbocycles. The molecule has 2 aromatic carbocycles. The Hall–Kier alpha value is -4.06. The third-order valence-electron chi connectivity index (χ3n) is 4.94. The number of thiazole rings is 1. The predicted molar refractivity (Wildman–Crippen MR) is 123 cm³/mol. The molecule has 4 rings (SSSR count). The second-order valence-electron chi connectivity index (χ2n) is 7.47. The molecule has 0 radical (unpaired) electrons. The zero-order chi connectivity index (χ0) is 25.7. The van der Waals surface area contributed by atoms with Gasteiger partial charge in [0.25, 0.3) is 11.8 Å². The topological polar surface area (TPSA) is 97.1 Å². The number of halogens is 4. The van der Waals surface area contributed by atoms with E-state index >= 15 is 0 Å². The van der Waals surface area contributed by atoms with Gasteiger partial charge in [-0.2, -0.15) is 13.2 Å². The van der Waals surface area contributed by atoms with E-state index in [0.717, 1.165) is 11.3 Å². The molecule has 12 heteroatoms. The van der Waals surface area contributed by atoms with E-state index < -0.39 is 29.4 Å². The van der Waals surface area contributed by atoms with Gasteiger partial charge in [-0.1, -0.05) is 36.4 Å². The van der Waals surface area contributed by atoms with Gasteiger partial charge >= 0.3 is 6.18 Å². The lowest BCUT2D eigenvalue weighted by atomic mass is 10.1. The molecule has 0 unspecified atom stereocenters. The van der Waals surface area contributed by atoms with Gasteiger partial charge in [-0.15, -0.1) is 11.3 Å². The molecule has 2 N–H and O–H groups in total. The minimum atomic E-state index is -4.93. The molecule has 0 aliphatic rings. The molecular weight excluding hydrogens is 500 g/mol. The Balaban J connectivity index is 1.37. The van der Waals surface area contributed by atoms with Gasteiger partial charge in [-0.05, 0) is 30.2 Å². The first-order valence-electron chi connectivity index (χ1n) is 10.6. The van der Waals surface area contributed by atoms with Crippen molar-refractivity contribution < 1.29 is 31.6 Å². The van der Waals surface area contributed by atoms with Gasteiger partial charge in [0.2, 0.25) is 11.7 Å². The average Bonchev–Trinajstić information content (AvgIpc) is 3.52. The number of aromatic nitrogens is 2. The summed E-state index contributed by atoms with van der Waals surface area (Å²) in [5.74, 6) is -3.80. The zero-order valence-corrected chi connectivity index (χ0v) is 19.3. The predicted octanol–water partition coefficient (Wildman–Crippen LogP) is 4.86. The van der Waals surface area contributed by atoms with Gasteiger partial charge in [0.05, 0.1) is 6.54 Å². The Bertz CT molecular complexity index is 1370. The quantitative estimate of drug-likeness (QED) is 0.325. The summed E-state index contributed by atoms with van der Waals surface area (Å²) in [6.45, 7) is -0.0453. The first kappa shape index (κ1) is 25.0. The lowest BCUT2D eigenvalue weighted by Crippen LogP contribution is -2.27. The molecular formula is C24H18F4N4O3S. The van der Waals surface area contributed by atoms with Crippen molar-refractivity contribution in [1.29, 1.82) is 0 Å². The minimum Gasteiger partial charge on any atom is -0.431 e. The lowest BCUT2D eigenvalue weighted by Gasteiger charge is -2.05. The fourth-order valence-corrected chi connectivity index (χ4v) is 3.92. The molecule has 0 spiro atoms. The highest BCUT2D eigenvalue weighted by Gasteiger charge is 2.42. The van der Waals surface area contributed by atoms with Crippen LogP contribution in [0, 0.1) is 5.82 Å². The van der Waals surface area contributed by atoms with Crippen molar-refractivity contribution >= 4 is 23.2 Å². The highest BCUT2D eigenvalue weighted by molar-refractivity contribution is 7.09. The van der Waals surface area contributed by atoms with Crippen molar-refractivity contribution in [3.63, 3.8) is 0 Å². The molecule has 0 fully saturated rings. The first-order valence-corrected chi connectivity index (χ1v) is 11.5. The normalized spacial score (nSPS) is 11.3. The summed E-state index contributed by atoms with van der Waals surface area (Å²) in [6, 6.07) is 14.1. The van der Waals surface area contributed by atoms with E-state index in [1.165, 1.54) is 23.6 Å². The van der Waals surface area contributed by atoms with Gasteiger partial charge in [0.1, 0.15) is 16.5 Å². The lowest BCUT2D eigenvalue weighted by molar-refractivity contribution is -0.153. The van der Waals surface area contributed by atoms with Crippen molar-refractivity contribution in [2.24, 2.45) is 0 Å². The van der Waals surface area contributed by atoms with Crippen molar-refractivity contribution in [1.82, 2.24) is 20.6 Å². The monoisotopic (exact) mass is 518 g/mol. The van der Waals surface area contributed by atoms with Crippen LogP contribution in [0.4, 0.5) is 17.6 Å². The van der Waals surface area contributed by atoms with Crippen LogP contribution in [-0.2, 0) is 19.1 Å². The van der Waals surface area contributed by atoms with E-state index in [1.54, 1.807) is 36.4 Å². The highest BCUT2D eigenvalue weighted by atomic mass is 32.1. The first-order chi connectivity index (χ1) is 17.2. The molecule has 2 amide bonds. The number of alkyl halides is 3. The second-order valence-corrected chi connectivity index (χ2v) is 8.41. The number of nitrogens with one attached hydrogen (secondary N) is 2. The molecule has 0 bridgehead atoms. The van der Waals surface area contributed by atoms with E-state index in [-0.39, 0.29) is 42.5 Å². The van der Waals surface area contributed by atoms with Crippen molar-refractivity contribution in [2.45, 2.75) is 19.1 Å². The van der Waals surface area contributed by atoms with Crippen LogP contribution < -0.4 is 10.6 Å². The van der Waals surface area contributed by atoms with Crippen LogP contribution in [0.5, 0.6) is 0 Å². The number of hydrogen-bond donors (Lipinski definition) is 2. The van der Waals surface area contributed by atoms with Gasteiger partial charge in [-0.3, -0.25) is 9.59 Å². The fraction of sp³-hybridized carbons (Fsp3) is 0.167. The van der Waals surface area contributed by atoms with Crippen molar-refractivity contribution in [3.8, 4) is 11.5 Å². The van der Waals surface area contributed by atoms with E-state index in [0.29, 0.717) is 10.6 Å². The summed E-state index contributed by atoms with van der Waals surface area (Å²) in [4.78, 5) is 32.6. The summed E-state index contributed by atoms with van der Waals surface area (Å²) in [6.07, 6.45) is -4.64. The van der Waals surface area contributed by atoms with Gasteiger partial charge < -0.3 is 15.1 Å². The fourth-order valence-electron chi connectivity index (χ4n) is 3.21. The number of nitrogens with zero attached hydrogens (tertiary/aromatic N) is 2. The number of carbonyl (C=O) groups excluding carboxylic acids is 2. The maximum Gasteiger partial charge on any atom is 0.452 e. The molecule has 4 aromatic rings. The third kappa shape index (κ3) is 5.95. The van der Waals surface area contributed by atoms with E-state index in [1.807, 2.05) is 0 Å². The van der Waals surface area contributed by atoms with Crippen LogP contribution in [-0.4, -0.2) is 28.3 Å². The molecule has 36 heavy (non-hydrogen) atoms. The molecule has 186 valence electrons. The summed E-state index contributed by atoms with van der Waals surface area (Å²) in [7, 11) is 0. The average molecular weight is 518 g/mol. The Labute approximate surface area is 206 Å². The molecule has 7 nitrogen and oxygen atoms in total. The number of oxazole rings is 1. The number of hydrogen-bond acceptors (Lipinski definition) is 6. The Morgan fingerprint density at radius 3 is 2.39 bits per heavy atom. The summed E-state index contributed by atoms with van der Waals surface area (Å²) in [5.41, 5.74) is -0.0841.